The zero-order valence-corrected chi connectivity index (χ0v) is 89.7. The molecule has 0 saturated heterocycles. The van der Waals surface area contributed by atoms with E-state index in [1.54, 1.807) is 19.1 Å². The molecule has 3 aliphatic carbocycles. The molecule has 3 saturated carbocycles. The molecule has 53 heteroatoms. The summed E-state index contributed by atoms with van der Waals surface area (Å²) in [5.74, 6) is -13.9. The molecule has 19 N–H and O–H groups in total. The number of carbonyl (C=O) groups excluding carboxylic acids is 11. The fourth-order valence-corrected chi connectivity index (χ4v) is 11.0. The van der Waals surface area contributed by atoms with Crippen LogP contribution < -0.4 is 0 Å². The van der Waals surface area contributed by atoms with Gasteiger partial charge in [-0.15, -0.1) is 0 Å². The number of unbranched alkanes of at least 4 members (excludes halogenated alkanes) is 6. The van der Waals surface area contributed by atoms with E-state index in [0.717, 1.165) is 47.0 Å². The Morgan fingerprint density at radius 1 is 0.353 bits per heavy atom. The van der Waals surface area contributed by atoms with Gasteiger partial charge in [0.25, 0.3) is 47.3 Å². The minimum atomic E-state index is -1.82. The van der Waals surface area contributed by atoms with Crippen molar-refractivity contribution >= 4 is 162 Å². The fourth-order valence-electron chi connectivity index (χ4n) is 11.0. The van der Waals surface area contributed by atoms with Crippen molar-refractivity contribution in [2.75, 3.05) is 73.8 Å². The largest absolute Gasteiger partial charge is 2.00 e. The number of allylic oxidation sites excluding steroid dienone is 2. The second kappa shape index (κ2) is 99.8. The van der Waals surface area contributed by atoms with E-state index in [9.17, 15) is 76.7 Å². The zero-order chi connectivity index (χ0) is 105. The number of aliphatic carboxylic acids is 9. The number of Topliss-reactive ketones (excluding diaryl/α,β-unsaturated/α-hetero) is 1. The smallest absolute Gasteiger partial charge is 0.693 e. The zero-order valence-electron chi connectivity index (χ0n) is 77.6. The van der Waals surface area contributed by atoms with Crippen molar-refractivity contribution in [3.63, 3.8) is 0 Å². The number of nitrogens with one attached hydrogen (secondary N) is 3. The summed E-state index contributed by atoms with van der Waals surface area (Å²) >= 11 is -0.944. The number of ether oxygens (including phenoxy) is 2. The second-order valence-corrected chi connectivity index (χ2v) is 34.9. The first-order valence-electron chi connectivity index (χ1n) is 41.6. The van der Waals surface area contributed by atoms with Gasteiger partial charge in [0.15, 0.2) is 5.78 Å². The summed E-state index contributed by atoms with van der Waals surface area (Å²) in [6.45, 7) is 22.4. The van der Waals surface area contributed by atoms with Crippen LogP contribution in [0.5, 0.6) is 0 Å². The Kier molecular flexibility index (Phi) is 110. The van der Waals surface area contributed by atoms with E-state index >= 15 is 0 Å². The van der Waals surface area contributed by atoms with Crippen molar-refractivity contribution in [1.82, 2.24) is 24.5 Å². The number of aliphatic imine (C=N–C) groups is 1. The molecule has 3 fully saturated rings. The van der Waals surface area contributed by atoms with Crippen LogP contribution >= 0.6 is 37.7 Å². The number of nitrogens with zero attached hydrogens (tertiary/aromatic N) is 6. The van der Waals surface area contributed by atoms with E-state index in [4.69, 9.17) is 145 Å². The van der Waals surface area contributed by atoms with Gasteiger partial charge in [0.2, 0.25) is 0 Å². The molecule has 8 amide bonds. The number of imide groups is 3. The van der Waals surface area contributed by atoms with Gasteiger partial charge in [0, 0.05) is 126 Å². The third-order valence-electron chi connectivity index (χ3n) is 18.2. The van der Waals surface area contributed by atoms with E-state index < -0.39 is 98.6 Å². The molecule has 0 aromatic rings. The maximum Gasteiger partial charge on any atom is 2.00 e. The molecular weight excluding hydrogens is 2650 g/mol. The molecule has 0 aromatic carbocycles. The SMILES string of the molecule is C=C1C=CC(=O)N1CCOC(=O)CCC(=O)O.C=C1C=CC(=O)N1CCOC(=O)CCC(=O)O.CC(CCC(=O)O)=NCC(=O)CCCCCN1C(=O)C=CC1=O.CO.CO.CO.O=C(O)C(=O)O.O=C(O)C(=O)O.O=C(O)CCCCCN1C(=O)C=CC1=O.O=C(O)CCCCCN1C(=O)C=CC1=O.[CH2-][C@@H]1CCCC[C@H]1[NH-].[CH2-][C@@H]1CCCC[C@H]1[NH-].[CH2-][C@@H]1CCCC[C@H]1[NH-].[Cl][Pt+2][Cl].[Cl][Pt+2][Cl].[NH2-].[NH2-].[Pt+2].[Pt+2]. The van der Waals surface area contributed by atoms with Crippen LogP contribution in [0.1, 0.15) is 200 Å². The Bertz CT molecular complexity index is 3540. The van der Waals surface area contributed by atoms with Gasteiger partial charge in [-0.2, -0.15) is 35.9 Å². The van der Waals surface area contributed by atoms with Gasteiger partial charge in [-0.05, 0) is 64.0 Å². The molecule has 0 unspecified atom stereocenters. The second-order valence-electron chi connectivity index (χ2n) is 28.3. The van der Waals surface area contributed by atoms with Gasteiger partial charge < -0.3 is 131 Å². The first-order valence-corrected chi connectivity index (χ1v) is 52.9. The van der Waals surface area contributed by atoms with Crippen LogP contribution in [0.3, 0.4) is 0 Å². The topological polar surface area (TPSA) is 770 Å². The number of nitrogens with two attached hydrogens (primary N) is 2. The molecule has 45 nitrogen and oxygen atoms in total. The van der Waals surface area contributed by atoms with Crippen LogP contribution in [-0.4, -0.2) is 302 Å². The maximum absolute atomic E-state index is 11.7. The maximum atomic E-state index is 11.7. The number of ketones is 1. The van der Waals surface area contributed by atoms with Gasteiger partial charge in [-0.1, -0.05) is 109 Å². The van der Waals surface area contributed by atoms with Crippen molar-refractivity contribution in [3.05, 3.63) is 136 Å². The number of carbonyl (C=O) groups is 20. The van der Waals surface area contributed by atoms with Gasteiger partial charge >= 0.3 is 178 Å². The number of hydrogen-bond donors (Lipinski definition) is 12. The van der Waals surface area contributed by atoms with Gasteiger partial charge in [-0.3, -0.25) is 96.4 Å². The molecule has 5 heterocycles. The predicted molar refractivity (Wildman–Crippen MR) is 499 cm³/mol. The Hall–Kier alpha value is -8.36. The predicted octanol–water partition coefficient (Wildman–Crippen LogP) is 11.7. The third kappa shape index (κ3) is 89.5. The first-order chi connectivity index (χ1) is 63.6. The van der Waals surface area contributed by atoms with E-state index in [1.165, 1.54) is 131 Å². The number of aliphatic hydroxyl groups is 3. The van der Waals surface area contributed by atoms with Gasteiger partial charge in [0.05, 0.1) is 51.7 Å². The summed E-state index contributed by atoms with van der Waals surface area (Å²) in [5, 5.41) is 92.6. The molecule has 8 rings (SSSR count). The average molecular weight is 2790 g/mol. The number of aliphatic hydroxyl groups excluding tert-OH is 3. The van der Waals surface area contributed by atoms with Crippen molar-refractivity contribution in [2.24, 2.45) is 22.7 Å². The molecule has 0 spiro atoms. The number of carboxylic acid groups (broad SMARTS) is 9. The van der Waals surface area contributed by atoms with Crippen molar-refractivity contribution < 1.29 is 242 Å². The van der Waals surface area contributed by atoms with Crippen LogP contribution in [0.4, 0.5) is 0 Å². The summed E-state index contributed by atoms with van der Waals surface area (Å²) < 4.78 is 9.57. The molecule has 139 heavy (non-hydrogen) atoms. The number of rotatable bonds is 35. The van der Waals surface area contributed by atoms with Crippen LogP contribution in [0.25, 0.3) is 29.5 Å². The van der Waals surface area contributed by atoms with Gasteiger partial charge in [0.1, 0.15) is 13.2 Å². The minimum absolute atomic E-state index is 0. The minimum Gasteiger partial charge on any atom is -0.693 e. The van der Waals surface area contributed by atoms with Crippen molar-refractivity contribution in [3.8, 4) is 0 Å². The van der Waals surface area contributed by atoms with Crippen molar-refractivity contribution in [1.29, 1.82) is 0 Å². The van der Waals surface area contributed by atoms with E-state index in [1.807, 2.05) is 0 Å². The fraction of sp³-hybridized carbons (Fsp3) is 0.558. The Labute approximate surface area is 871 Å². The summed E-state index contributed by atoms with van der Waals surface area (Å²) in [6, 6.07) is 0.427. The number of esters is 2. The van der Waals surface area contributed by atoms with E-state index in [2.05, 4.69) is 38.9 Å². The van der Waals surface area contributed by atoms with Crippen LogP contribution in [0.2, 0.25) is 0 Å². The molecule has 0 aromatic heterocycles. The molecule has 8 aliphatic rings. The van der Waals surface area contributed by atoms with Crippen LogP contribution in [-0.2, 0) is 180 Å². The normalized spacial score (nSPS) is 17.1. The summed E-state index contributed by atoms with van der Waals surface area (Å²) in [5.41, 5.74) is 24.0. The van der Waals surface area contributed by atoms with Gasteiger partial charge in [-0.25, -0.2) is 19.2 Å². The molecule has 5 aliphatic heterocycles. The standard InChI is InChI=1S/C16H22N2O5.2C11H13NO5.2C10H13NO4.3C7H13N.2C2H2O4.3CH4O.4ClH.2H2N.4Pt/c1-12(6-9-16(22)23)17-11-13(19)5-3-2-4-10-18-14(20)7-8-15(18)21;2*1-8-2-3-9(13)12(8)6-7-17-11(16)5-4-10(14)15;2*12-8-5-6-9(13)11(8)7-3-1-2-4-10(14)15;3*1-6-4-2-3-5-7(6)8;2*3-1(4)2(5)6;3*1-2;;;;;;;;;;/h7-8H,2-6,9-11H2,1H3,(H,22,23);2*2-3H,1,4-7H2,(H,14,15);2*5-6H,1-4,7H2,(H,14,15);3*6-8H,1-5H2;2*(H,3,4)(H,5,6);3*2H,1H3;4*1H;2*1H2;;;;/q;;;;;3*-2;;;;;;;;;;2*-1;2*+2;2*+4/p-4/t;;;;;3*6-,7-;;;;;;;;;;;;;;;/m.....111.............../s1. The molecule has 6 atom stereocenters. The van der Waals surface area contributed by atoms with Crippen LogP contribution in [0.15, 0.2) is 90.3 Å². The molecule has 804 valence electrons. The van der Waals surface area contributed by atoms with E-state index in [-0.39, 0.29) is 203 Å². The summed E-state index contributed by atoms with van der Waals surface area (Å²) in [4.78, 5) is 221. The number of hydrogen-bond acceptors (Lipinski definition) is 26. The van der Waals surface area contributed by atoms with Crippen LogP contribution in [0, 0.1) is 38.5 Å². The number of carboxylic acids is 9. The summed E-state index contributed by atoms with van der Waals surface area (Å²) in [7, 11) is 22.5. The summed E-state index contributed by atoms with van der Waals surface area (Å²) in [6.07, 6.45) is 34.1. The third-order valence-corrected chi connectivity index (χ3v) is 18.2. The first kappa shape index (κ1) is 153. The molecule has 0 bridgehead atoms. The molecular formula is C86H133Cl4N11O34Pt4. The average Bonchev–Trinajstić information content (AvgIpc) is 1.76. The van der Waals surface area contributed by atoms with E-state index in [0.29, 0.717) is 119 Å². The molecule has 0 radical (unpaired) electrons. The Morgan fingerprint density at radius 3 is 0.770 bits per heavy atom. The number of amides is 8. The quantitative estimate of drug-likeness (QED) is 0.00700. The number of halogens is 4. The Balaban J connectivity index is -0.000000146. The Morgan fingerprint density at radius 2 is 0.568 bits per heavy atom. The monoisotopic (exact) mass is 2780 g/mol. The van der Waals surface area contributed by atoms with Crippen molar-refractivity contribution in [2.45, 2.75) is 218 Å².